The van der Waals surface area contributed by atoms with Crippen LogP contribution in [0.3, 0.4) is 0 Å². The molecule has 1 amide bonds. The van der Waals surface area contributed by atoms with Gasteiger partial charge in [-0.1, -0.05) is 48.8 Å². The second kappa shape index (κ2) is 11.1. The number of hydrogen-bond acceptors (Lipinski definition) is 8. The number of esters is 1. The predicted octanol–water partition coefficient (Wildman–Crippen LogP) is 4.96. The molecule has 1 spiro atoms. The van der Waals surface area contributed by atoms with Gasteiger partial charge in [0.15, 0.2) is 5.78 Å². The van der Waals surface area contributed by atoms with Crippen LogP contribution in [-0.4, -0.2) is 41.8 Å². The Labute approximate surface area is 244 Å². The fraction of sp³-hybridized carbons (Fsp3) is 0.250. The normalized spacial score (nSPS) is 22.5. The molecule has 2 heterocycles. The van der Waals surface area contributed by atoms with Crippen molar-refractivity contribution in [1.82, 2.24) is 5.32 Å². The Morgan fingerprint density at radius 3 is 2.56 bits per heavy atom. The average Bonchev–Trinajstić information content (AvgIpc) is 3.38. The first-order chi connectivity index (χ1) is 19.0. The molecule has 5 rings (SSSR count). The molecule has 0 radical (unpaired) electrons. The molecule has 0 aliphatic carbocycles. The zero-order valence-electron chi connectivity index (χ0n) is 20.7. The van der Waals surface area contributed by atoms with Crippen molar-refractivity contribution in [1.29, 1.82) is 0 Å². The van der Waals surface area contributed by atoms with E-state index in [1.165, 1.54) is 61.7 Å². The van der Waals surface area contributed by atoms with Crippen molar-refractivity contribution >= 4 is 52.2 Å². The number of ether oxygens (including phenoxy) is 1. The summed E-state index contributed by atoms with van der Waals surface area (Å²) in [6.45, 7) is 0. The maximum Gasteiger partial charge on any atom is 0.337 e. The molecule has 1 saturated heterocycles. The van der Waals surface area contributed by atoms with E-state index < -0.39 is 58.4 Å². The van der Waals surface area contributed by atoms with Gasteiger partial charge in [-0.15, -0.1) is 0 Å². The van der Waals surface area contributed by atoms with Crippen molar-refractivity contribution in [2.24, 2.45) is 0 Å². The number of methoxy groups -OCH3 is 1. The highest BCUT2D eigenvalue weighted by molar-refractivity contribution is 6.31. The van der Waals surface area contributed by atoms with E-state index in [9.17, 15) is 24.5 Å². The quantitative estimate of drug-likeness (QED) is 0.118. The van der Waals surface area contributed by atoms with Gasteiger partial charge in [0, 0.05) is 44.4 Å². The third-order valence-electron chi connectivity index (χ3n) is 7.38. The topological polar surface area (TPSA) is 154 Å². The number of amides is 1. The number of fused-ring (bicyclic) bond motifs is 2. The molecule has 4 N–H and O–H groups in total. The van der Waals surface area contributed by atoms with Crippen LogP contribution in [0.4, 0.5) is 15.8 Å². The van der Waals surface area contributed by atoms with Crippen LogP contribution in [0, 0.1) is 15.9 Å². The number of Topliss-reactive ketones (excluding diaryl/α,β-unsaturated/α-hetero) is 1. The first kappa shape index (κ1) is 29.9. The number of nitrogens with two attached hydrogens (primary N) is 1. The highest BCUT2D eigenvalue weighted by atomic mass is 35.5. The summed E-state index contributed by atoms with van der Waals surface area (Å²) in [6.07, 6.45) is -0.468. The van der Waals surface area contributed by atoms with E-state index in [4.69, 9.17) is 28.9 Å². The minimum atomic E-state index is -1.82. The minimum absolute atomic E-state index is 0. The third-order valence-corrected chi connectivity index (χ3v) is 7.91. The summed E-state index contributed by atoms with van der Waals surface area (Å²) in [5.41, 5.74) is 4.77. The van der Waals surface area contributed by atoms with Crippen molar-refractivity contribution < 1.29 is 28.4 Å². The molecule has 214 valence electrons. The van der Waals surface area contributed by atoms with Gasteiger partial charge < -0.3 is 15.8 Å². The highest BCUT2D eigenvalue weighted by Gasteiger charge is 2.67. The Balaban J connectivity index is 0.00000387. The lowest BCUT2D eigenvalue weighted by Gasteiger charge is -2.30. The minimum Gasteiger partial charge on any atom is -0.465 e. The molecule has 1 fully saturated rings. The van der Waals surface area contributed by atoms with Crippen LogP contribution in [0.2, 0.25) is 10.0 Å². The van der Waals surface area contributed by atoms with Crippen LogP contribution >= 0.6 is 23.2 Å². The smallest absolute Gasteiger partial charge is 0.337 e. The summed E-state index contributed by atoms with van der Waals surface area (Å²) in [5, 5.41) is 18.4. The van der Waals surface area contributed by atoms with E-state index in [-0.39, 0.29) is 34.8 Å². The molecule has 0 unspecified atom stereocenters. The molecule has 2 aliphatic rings. The number of nitro groups is 1. The third kappa shape index (κ3) is 4.79. The first-order valence-corrected chi connectivity index (χ1v) is 12.7. The lowest BCUT2D eigenvalue weighted by atomic mass is 9.74. The van der Waals surface area contributed by atoms with E-state index in [1.54, 1.807) is 0 Å². The molecule has 0 aromatic heterocycles. The zero-order valence-corrected chi connectivity index (χ0v) is 22.3. The van der Waals surface area contributed by atoms with Crippen LogP contribution in [0.15, 0.2) is 54.6 Å². The monoisotopic (exact) mass is 602 g/mol. The van der Waals surface area contributed by atoms with Crippen molar-refractivity contribution in [3.8, 4) is 0 Å². The van der Waals surface area contributed by atoms with E-state index >= 15 is 4.39 Å². The Kier molecular flexibility index (Phi) is 8.08. The summed E-state index contributed by atoms with van der Waals surface area (Å²) in [7, 11) is 1.20. The lowest BCUT2D eigenvalue weighted by Crippen LogP contribution is -2.49. The molecule has 41 heavy (non-hydrogen) atoms. The summed E-state index contributed by atoms with van der Waals surface area (Å²) < 4.78 is 20.1. The van der Waals surface area contributed by atoms with E-state index in [0.29, 0.717) is 16.3 Å². The Hall–Kier alpha value is -4.06. The molecular weight excluding hydrogens is 578 g/mol. The molecule has 0 bridgehead atoms. The van der Waals surface area contributed by atoms with Gasteiger partial charge in [-0.2, -0.15) is 0 Å². The lowest BCUT2D eigenvalue weighted by molar-refractivity contribution is -0.526. The molecule has 0 saturated carbocycles. The van der Waals surface area contributed by atoms with Crippen molar-refractivity contribution in [2.45, 2.75) is 37.4 Å². The Morgan fingerprint density at radius 2 is 1.90 bits per heavy atom. The van der Waals surface area contributed by atoms with Gasteiger partial charge in [0.05, 0.1) is 29.7 Å². The predicted molar refractivity (Wildman–Crippen MR) is 151 cm³/mol. The van der Waals surface area contributed by atoms with Crippen LogP contribution in [-0.2, 0) is 15.1 Å². The van der Waals surface area contributed by atoms with Gasteiger partial charge in [0.1, 0.15) is 11.4 Å². The fourth-order valence-corrected chi connectivity index (χ4v) is 6.06. The summed E-state index contributed by atoms with van der Waals surface area (Å²) >= 11 is 12.2. The van der Waals surface area contributed by atoms with Crippen LogP contribution in [0.25, 0.3) is 0 Å². The Bertz CT molecular complexity index is 1600. The van der Waals surface area contributed by atoms with E-state index in [2.05, 4.69) is 15.4 Å². The number of carbonyl (C=O) groups excluding carboxylic acids is 3. The molecule has 10 nitrogen and oxygen atoms in total. The van der Waals surface area contributed by atoms with Gasteiger partial charge in [-0.05, 0) is 36.4 Å². The number of rotatable bonds is 6. The SMILES string of the molecule is C.COC(=O)c1ccc(C(=O)C[C@@H]2N[C@@]3(C(=O)Nc4cc(Cl)ccc43)[C@@H](c3cccc(Cl)c3F)[C@@H]2[N+](=O)[O-])c(N)c1. The molecule has 3 aromatic carbocycles. The second-order valence-corrected chi connectivity index (χ2v) is 10.4. The van der Waals surface area contributed by atoms with Crippen LogP contribution in [0.1, 0.15) is 51.6 Å². The highest BCUT2D eigenvalue weighted by Crippen LogP contribution is 2.54. The summed E-state index contributed by atoms with van der Waals surface area (Å²) in [5.74, 6) is -4.23. The van der Waals surface area contributed by atoms with Crippen molar-refractivity contribution in [2.75, 3.05) is 18.2 Å². The number of nitrogens with one attached hydrogen (secondary N) is 2. The molecule has 3 aromatic rings. The molecule has 2 aliphatic heterocycles. The fourth-order valence-electron chi connectivity index (χ4n) is 5.70. The van der Waals surface area contributed by atoms with Gasteiger partial charge in [0.2, 0.25) is 11.9 Å². The van der Waals surface area contributed by atoms with Gasteiger partial charge >= 0.3 is 5.97 Å². The molecule has 4 atom stereocenters. The Morgan fingerprint density at radius 1 is 1.17 bits per heavy atom. The van der Waals surface area contributed by atoms with Crippen molar-refractivity contribution in [3.63, 3.8) is 0 Å². The van der Waals surface area contributed by atoms with E-state index in [0.717, 1.165) is 0 Å². The number of carbonyl (C=O) groups is 3. The zero-order chi connectivity index (χ0) is 28.9. The number of hydrogen-bond donors (Lipinski definition) is 3. The van der Waals surface area contributed by atoms with Crippen LogP contribution in [0.5, 0.6) is 0 Å². The number of anilines is 2. The van der Waals surface area contributed by atoms with Gasteiger partial charge in [-0.3, -0.25) is 25.0 Å². The van der Waals surface area contributed by atoms with Gasteiger partial charge in [0.25, 0.3) is 0 Å². The summed E-state index contributed by atoms with van der Waals surface area (Å²) in [4.78, 5) is 50.9. The maximum absolute atomic E-state index is 15.5. The number of benzene rings is 3. The first-order valence-electron chi connectivity index (χ1n) is 12.0. The number of halogens is 3. The second-order valence-electron chi connectivity index (χ2n) is 9.52. The van der Waals surface area contributed by atoms with Gasteiger partial charge in [-0.25, -0.2) is 9.18 Å². The molecule has 13 heteroatoms. The van der Waals surface area contributed by atoms with Crippen molar-refractivity contribution in [3.05, 3.63) is 103 Å². The van der Waals surface area contributed by atoms with E-state index in [1.807, 2.05) is 0 Å². The van der Waals surface area contributed by atoms with Crippen LogP contribution < -0.4 is 16.4 Å². The summed E-state index contributed by atoms with van der Waals surface area (Å²) in [6, 6.07) is 9.65. The number of ketones is 1. The maximum atomic E-state index is 15.5. The number of nitrogen functional groups attached to an aromatic ring is 1. The molecular formula is C28H25Cl2FN4O6. The average molecular weight is 603 g/mol. The number of nitrogens with zero attached hydrogens (tertiary/aromatic N) is 1. The standard InChI is InChI=1S/C27H21Cl2FN4O6.CH4/c1-40-25(36)12-5-7-14(18(31)9-12)21(35)11-20-24(34(38)39)22(15-3-2-4-17(29)23(15)30)27(33-20)16-8-6-13(28)10-19(16)32-26(27)37;/h2-10,20,22,24,33H,11,31H2,1H3,(H,32,37);1H4/t20-,22-,24+,27+;/m0./s1. The largest absolute Gasteiger partial charge is 0.465 e.